The number of methoxy groups -OCH3 is 1. The van der Waals surface area contributed by atoms with Crippen LogP contribution in [-0.2, 0) is 14.4 Å². The van der Waals surface area contributed by atoms with Crippen LogP contribution in [0.4, 0.5) is 0 Å². The smallest absolute Gasteiger partial charge is 0.266 e. The van der Waals surface area contributed by atoms with Gasteiger partial charge in [-0.25, -0.2) is 0 Å². The summed E-state index contributed by atoms with van der Waals surface area (Å²) in [7, 11) is 1.56. The molecule has 0 atom stereocenters. The number of thioether (sulfide) groups is 1. The van der Waals surface area contributed by atoms with E-state index in [0.29, 0.717) is 10.7 Å². The third kappa shape index (κ3) is 4.56. The molecule has 1 aromatic carbocycles. The molecular weight excluding hydrogens is 350 g/mol. The minimum atomic E-state index is -0.538. The zero-order valence-electron chi connectivity index (χ0n) is 13.0. The molecule has 1 saturated heterocycles. The first-order chi connectivity index (χ1) is 11.4. The lowest BCUT2D eigenvalue weighted by molar-refractivity contribution is -0.131. The highest BCUT2D eigenvalue weighted by atomic mass is 32.2. The number of nitrogens with one attached hydrogen (secondary N) is 2. The number of rotatable bonds is 4. The Morgan fingerprint density at radius 1 is 1.38 bits per heavy atom. The van der Waals surface area contributed by atoms with E-state index in [1.165, 1.54) is 11.8 Å². The Balaban J connectivity index is 2.09. The van der Waals surface area contributed by atoms with Crippen molar-refractivity contribution in [2.75, 3.05) is 13.7 Å². The molecule has 24 heavy (non-hydrogen) atoms. The van der Waals surface area contributed by atoms with Crippen molar-refractivity contribution in [3.63, 3.8) is 0 Å². The molecule has 0 unspecified atom stereocenters. The van der Waals surface area contributed by atoms with Crippen LogP contribution in [0.2, 0.25) is 0 Å². The number of carbonyl (C=O) groups is 3. The van der Waals surface area contributed by atoms with Crippen molar-refractivity contribution >= 4 is 52.1 Å². The van der Waals surface area contributed by atoms with Crippen molar-refractivity contribution in [1.29, 1.82) is 0 Å². The molecule has 9 heteroatoms. The summed E-state index contributed by atoms with van der Waals surface area (Å²) in [6.07, 6.45) is 1.69. The van der Waals surface area contributed by atoms with Crippen LogP contribution in [0.1, 0.15) is 12.5 Å². The lowest BCUT2D eigenvalue weighted by Gasteiger charge is -2.14. The van der Waals surface area contributed by atoms with Crippen LogP contribution in [-0.4, -0.2) is 40.6 Å². The molecular formula is C15H15N3O4S2. The van der Waals surface area contributed by atoms with E-state index in [0.717, 1.165) is 17.3 Å². The number of carbonyl (C=O) groups excluding carboxylic acids is 3. The average Bonchev–Trinajstić information content (AvgIpc) is 2.80. The molecule has 0 bridgehead atoms. The van der Waals surface area contributed by atoms with Crippen molar-refractivity contribution in [1.82, 2.24) is 15.8 Å². The Morgan fingerprint density at radius 2 is 2.12 bits per heavy atom. The van der Waals surface area contributed by atoms with Gasteiger partial charge in [0.25, 0.3) is 11.8 Å². The normalized spacial score (nSPS) is 15.6. The van der Waals surface area contributed by atoms with Crippen LogP contribution in [0.15, 0.2) is 29.2 Å². The van der Waals surface area contributed by atoms with Crippen molar-refractivity contribution in [3.8, 4) is 5.75 Å². The van der Waals surface area contributed by atoms with Gasteiger partial charge in [-0.3, -0.25) is 30.1 Å². The summed E-state index contributed by atoms with van der Waals surface area (Å²) >= 11 is 6.27. The number of hydrogen-bond donors (Lipinski definition) is 2. The summed E-state index contributed by atoms with van der Waals surface area (Å²) < 4.78 is 5.43. The van der Waals surface area contributed by atoms with Crippen molar-refractivity contribution < 1.29 is 19.1 Å². The number of thiocarbonyl (C=S) groups is 1. The Labute approximate surface area is 148 Å². The summed E-state index contributed by atoms with van der Waals surface area (Å²) in [5, 5.41) is 0. The number of ether oxygens (including phenoxy) is 1. The van der Waals surface area contributed by atoms with Gasteiger partial charge in [0.1, 0.15) is 16.6 Å². The molecule has 1 aliphatic rings. The maximum Gasteiger partial charge on any atom is 0.266 e. The number of hydrazine groups is 1. The Bertz CT molecular complexity index is 733. The lowest BCUT2D eigenvalue weighted by atomic mass is 10.2. The van der Waals surface area contributed by atoms with E-state index in [9.17, 15) is 14.4 Å². The summed E-state index contributed by atoms with van der Waals surface area (Å²) in [6, 6.07) is 7.23. The summed E-state index contributed by atoms with van der Waals surface area (Å²) in [4.78, 5) is 36.5. The van der Waals surface area contributed by atoms with E-state index in [1.54, 1.807) is 25.3 Å². The molecule has 1 aliphatic heterocycles. The van der Waals surface area contributed by atoms with Crippen molar-refractivity contribution in [2.45, 2.75) is 6.92 Å². The van der Waals surface area contributed by atoms with Gasteiger partial charge in [0.05, 0.1) is 12.0 Å². The molecule has 0 aliphatic carbocycles. The Kier molecular flexibility index (Phi) is 5.93. The Hall–Kier alpha value is -2.39. The van der Waals surface area contributed by atoms with Gasteiger partial charge in [0.15, 0.2) is 0 Å². The fraction of sp³-hybridized carbons (Fsp3) is 0.200. The second kappa shape index (κ2) is 7.93. The average molecular weight is 365 g/mol. The first-order valence-corrected chi connectivity index (χ1v) is 8.08. The molecule has 1 heterocycles. The maximum absolute atomic E-state index is 12.4. The van der Waals surface area contributed by atoms with Gasteiger partial charge in [-0.2, -0.15) is 0 Å². The first-order valence-electron chi connectivity index (χ1n) is 6.85. The molecule has 2 rings (SSSR count). The molecule has 3 amide bonds. The predicted molar refractivity (Wildman–Crippen MR) is 94.8 cm³/mol. The van der Waals surface area contributed by atoms with Crippen molar-refractivity contribution in [3.05, 3.63) is 34.7 Å². The van der Waals surface area contributed by atoms with Gasteiger partial charge in [-0.1, -0.05) is 36.1 Å². The lowest BCUT2D eigenvalue weighted by Crippen LogP contribution is -2.46. The quantitative estimate of drug-likeness (QED) is 0.471. The van der Waals surface area contributed by atoms with E-state index in [4.69, 9.17) is 17.0 Å². The van der Waals surface area contributed by atoms with Crippen LogP contribution in [0, 0.1) is 0 Å². The van der Waals surface area contributed by atoms with Crippen LogP contribution >= 0.6 is 24.0 Å². The third-order valence-electron chi connectivity index (χ3n) is 2.94. The second-order valence-corrected chi connectivity index (χ2v) is 6.45. The summed E-state index contributed by atoms with van der Waals surface area (Å²) in [5.74, 6) is -0.629. The van der Waals surface area contributed by atoms with E-state index >= 15 is 0 Å². The predicted octanol–water partition coefficient (Wildman–Crippen LogP) is 1.06. The highest BCUT2D eigenvalue weighted by Crippen LogP contribution is 2.32. The Morgan fingerprint density at radius 3 is 2.79 bits per heavy atom. The minimum absolute atomic E-state index is 0.263. The second-order valence-electron chi connectivity index (χ2n) is 4.77. The van der Waals surface area contributed by atoms with Crippen LogP contribution < -0.4 is 15.6 Å². The largest absolute Gasteiger partial charge is 0.497 e. The number of hydrogen-bond acceptors (Lipinski definition) is 6. The van der Waals surface area contributed by atoms with Crippen LogP contribution in [0.3, 0.4) is 0 Å². The van der Waals surface area contributed by atoms with Gasteiger partial charge < -0.3 is 4.74 Å². The topological polar surface area (TPSA) is 87.7 Å². The fourth-order valence-electron chi connectivity index (χ4n) is 1.86. The number of benzene rings is 1. The maximum atomic E-state index is 12.4. The standard InChI is InChI=1S/C15H15N3O4S2/c1-9(19)16-17-13(20)8-18-14(21)12(24-15(18)23)7-10-4-3-5-11(6-10)22-2/h3-7H,8H2,1-2H3,(H,16,19)(H,17,20). The zero-order valence-corrected chi connectivity index (χ0v) is 14.6. The molecule has 2 N–H and O–H groups in total. The van der Waals surface area contributed by atoms with Gasteiger partial charge in [-0.05, 0) is 23.8 Å². The van der Waals surface area contributed by atoms with Crippen LogP contribution in [0.25, 0.3) is 6.08 Å². The molecule has 0 spiro atoms. The minimum Gasteiger partial charge on any atom is -0.497 e. The zero-order chi connectivity index (χ0) is 17.7. The SMILES string of the molecule is COc1cccc(C=C2SC(=S)N(CC(=O)NNC(C)=O)C2=O)c1. The number of nitrogens with zero attached hydrogens (tertiary/aromatic N) is 1. The van der Waals surface area contributed by atoms with Gasteiger partial charge >= 0.3 is 0 Å². The van der Waals surface area contributed by atoms with Gasteiger partial charge in [0.2, 0.25) is 5.91 Å². The van der Waals surface area contributed by atoms with Crippen molar-refractivity contribution in [2.24, 2.45) is 0 Å². The monoisotopic (exact) mass is 365 g/mol. The van der Waals surface area contributed by atoms with Gasteiger partial charge in [-0.15, -0.1) is 0 Å². The molecule has 0 saturated carbocycles. The highest BCUT2D eigenvalue weighted by Gasteiger charge is 2.33. The molecule has 0 aromatic heterocycles. The number of amides is 3. The van der Waals surface area contributed by atoms with E-state index in [2.05, 4.69) is 10.9 Å². The highest BCUT2D eigenvalue weighted by molar-refractivity contribution is 8.26. The molecule has 126 valence electrons. The summed E-state index contributed by atoms with van der Waals surface area (Å²) in [5.41, 5.74) is 5.14. The molecule has 0 radical (unpaired) electrons. The third-order valence-corrected chi connectivity index (χ3v) is 4.32. The molecule has 7 nitrogen and oxygen atoms in total. The summed E-state index contributed by atoms with van der Waals surface area (Å²) in [6.45, 7) is 0.997. The van der Waals surface area contributed by atoms with Gasteiger partial charge in [0, 0.05) is 6.92 Å². The molecule has 1 aromatic rings. The van der Waals surface area contributed by atoms with E-state index in [1.807, 2.05) is 12.1 Å². The van der Waals surface area contributed by atoms with Crippen LogP contribution in [0.5, 0.6) is 5.75 Å². The fourth-order valence-corrected chi connectivity index (χ4v) is 3.11. The van der Waals surface area contributed by atoms with E-state index in [-0.39, 0.29) is 16.8 Å². The van der Waals surface area contributed by atoms with E-state index < -0.39 is 11.8 Å². The first kappa shape index (κ1) is 18.0. The molecule has 1 fully saturated rings.